The van der Waals surface area contributed by atoms with Gasteiger partial charge in [-0.05, 0) is 24.5 Å². The van der Waals surface area contributed by atoms with Crippen molar-refractivity contribution in [3.05, 3.63) is 29.8 Å². The molecule has 0 radical (unpaired) electrons. The Morgan fingerprint density at radius 3 is 2.19 bits per heavy atom. The molecule has 0 saturated heterocycles. The lowest BCUT2D eigenvalue weighted by molar-refractivity contribution is -0.141. The number of carbonyl (C=O) groups is 1. The van der Waals surface area contributed by atoms with Gasteiger partial charge in [0.15, 0.2) is 0 Å². The van der Waals surface area contributed by atoms with Gasteiger partial charge in [-0.15, -0.1) is 0 Å². The maximum Gasteiger partial charge on any atom is 0.314 e. The lowest BCUT2D eigenvalue weighted by Crippen LogP contribution is -2.31. The van der Waals surface area contributed by atoms with Gasteiger partial charge in [-0.2, -0.15) is 0 Å². The molecule has 2 rings (SSSR count). The molecule has 1 heterocycles. The molecule has 0 fully saturated rings. The molecule has 0 aromatic heterocycles. The highest BCUT2D eigenvalue weighted by molar-refractivity contribution is 5.79. The van der Waals surface area contributed by atoms with Crippen LogP contribution in [-0.4, -0.2) is 5.97 Å². The molecule has 0 aliphatic carbocycles. The van der Waals surface area contributed by atoms with Crippen LogP contribution in [0.2, 0.25) is 0 Å². The summed E-state index contributed by atoms with van der Waals surface area (Å²) in [7, 11) is 0. The Bertz CT molecular complexity index is 453. The Balaban J connectivity index is 2.14. The molecule has 1 aliphatic heterocycles. The van der Waals surface area contributed by atoms with Crippen LogP contribution in [-0.2, 0) is 4.79 Å². The van der Waals surface area contributed by atoms with Crippen LogP contribution in [0.1, 0.15) is 76.7 Å². The summed E-state index contributed by atoms with van der Waals surface area (Å²) in [5.41, 5.74) is 1.25. The maximum atomic E-state index is 12.4. The number of carbonyl (C=O) groups excluding carboxylic acids is 1. The van der Waals surface area contributed by atoms with Gasteiger partial charge >= 0.3 is 5.97 Å². The smallest absolute Gasteiger partial charge is 0.314 e. The first kappa shape index (κ1) is 16.1. The standard InChI is InChI=1S/C19H28O2/c1-3-5-7-11-15-16-12-9-10-14-18(16)21-19(20)17(15)13-8-6-4-2/h9-10,12,14-15,17H,3-8,11,13H2,1-2H3/t15-,17+/m1/s1. The number of para-hydroxylation sites is 1. The van der Waals surface area contributed by atoms with Crippen LogP contribution in [0.15, 0.2) is 24.3 Å². The summed E-state index contributed by atoms with van der Waals surface area (Å²) in [6.07, 6.45) is 9.27. The third kappa shape index (κ3) is 4.09. The SMILES string of the molecule is CCCCC[C@@H]1C(=O)Oc2ccccc2[C@H]1CCCCC. The van der Waals surface area contributed by atoms with Gasteiger partial charge in [0.25, 0.3) is 0 Å². The topological polar surface area (TPSA) is 26.3 Å². The molecule has 1 aliphatic rings. The summed E-state index contributed by atoms with van der Waals surface area (Å²) in [6.45, 7) is 4.43. The van der Waals surface area contributed by atoms with Crippen LogP contribution in [0, 0.1) is 5.92 Å². The molecule has 0 bridgehead atoms. The molecule has 116 valence electrons. The molecule has 1 aromatic rings. The fourth-order valence-corrected chi connectivity index (χ4v) is 3.35. The zero-order valence-corrected chi connectivity index (χ0v) is 13.4. The minimum atomic E-state index is -0.00805. The van der Waals surface area contributed by atoms with E-state index in [0.717, 1.165) is 25.0 Å². The molecule has 0 spiro atoms. The highest BCUT2D eigenvalue weighted by Crippen LogP contribution is 2.42. The van der Waals surface area contributed by atoms with Crippen LogP contribution in [0.3, 0.4) is 0 Å². The van der Waals surface area contributed by atoms with E-state index < -0.39 is 0 Å². The predicted octanol–water partition coefficient (Wildman–Crippen LogP) is 5.47. The quantitative estimate of drug-likeness (QED) is 0.360. The van der Waals surface area contributed by atoms with Gasteiger partial charge < -0.3 is 4.74 Å². The second-order valence-corrected chi connectivity index (χ2v) is 6.16. The number of fused-ring (bicyclic) bond motifs is 1. The zero-order chi connectivity index (χ0) is 15.1. The molecule has 21 heavy (non-hydrogen) atoms. The average Bonchev–Trinajstić information content (AvgIpc) is 2.49. The summed E-state index contributed by atoms with van der Waals surface area (Å²) in [5.74, 6) is 1.19. The molecular formula is C19H28O2. The lowest BCUT2D eigenvalue weighted by atomic mass is 9.77. The Kier molecular flexibility index (Phi) is 6.28. The summed E-state index contributed by atoms with van der Waals surface area (Å²) in [6, 6.07) is 8.09. The van der Waals surface area contributed by atoms with E-state index in [2.05, 4.69) is 26.0 Å². The number of rotatable bonds is 8. The fraction of sp³-hybridized carbons (Fsp3) is 0.632. The highest BCUT2D eigenvalue weighted by Gasteiger charge is 2.36. The molecule has 1 aromatic carbocycles. The van der Waals surface area contributed by atoms with Crippen molar-refractivity contribution in [2.24, 2.45) is 5.92 Å². The van der Waals surface area contributed by atoms with Crippen LogP contribution in [0.5, 0.6) is 5.75 Å². The molecule has 0 N–H and O–H groups in total. The van der Waals surface area contributed by atoms with E-state index in [4.69, 9.17) is 4.74 Å². The van der Waals surface area contributed by atoms with Crippen LogP contribution in [0.25, 0.3) is 0 Å². The van der Waals surface area contributed by atoms with Crippen molar-refractivity contribution in [3.63, 3.8) is 0 Å². The van der Waals surface area contributed by atoms with E-state index in [0.29, 0.717) is 5.92 Å². The van der Waals surface area contributed by atoms with Crippen molar-refractivity contribution in [2.45, 2.75) is 71.1 Å². The van der Waals surface area contributed by atoms with Crippen LogP contribution < -0.4 is 4.74 Å². The van der Waals surface area contributed by atoms with Gasteiger partial charge in [0.05, 0.1) is 5.92 Å². The molecule has 2 atom stereocenters. The lowest BCUT2D eigenvalue weighted by Gasteiger charge is -2.32. The molecule has 0 unspecified atom stereocenters. The van der Waals surface area contributed by atoms with Crippen molar-refractivity contribution < 1.29 is 9.53 Å². The maximum absolute atomic E-state index is 12.4. The van der Waals surface area contributed by atoms with Gasteiger partial charge in [-0.1, -0.05) is 70.6 Å². The second kappa shape index (κ2) is 8.21. The largest absolute Gasteiger partial charge is 0.426 e. The van der Waals surface area contributed by atoms with Crippen molar-refractivity contribution in [3.8, 4) is 5.75 Å². The summed E-state index contributed by atoms with van der Waals surface area (Å²) in [5, 5.41) is 0. The second-order valence-electron chi connectivity index (χ2n) is 6.16. The Labute approximate surface area is 128 Å². The van der Waals surface area contributed by atoms with Gasteiger partial charge in [0.1, 0.15) is 5.75 Å². The van der Waals surface area contributed by atoms with Crippen molar-refractivity contribution in [1.82, 2.24) is 0 Å². The van der Waals surface area contributed by atoms with E-state index in [-0.39, 0.29) is 11.9 Å². The van der Waals surface area contributed by atoms with E-state index in [1.165, 1.54) is 37.7 Å². The first-order valence-electron chi connectivity index (χ1n) is 8.58. The molecule has 2 heteroatoms. The highest BCUT2D eigenvalue weighted by atomic mass is 16.5. The number of hydrogen-bond donors (Lipinski definition) is 0. The summed E-state index contributed by atoms with van der Waals surface area (Å²) in [4.78, 5) is 12.4. The Morgan fingerprint density at radius 1 is 0.905 bits per heavy atom. The summed E-state index contributed by atoms with van der Waals surface area (Å²) >= 11 is 0. The van der Waals surface area contributed by atoms with Crippen LogP contribution >= 0.6 is 0 Å². The van der Waals surface area contributed by atoms with Crippen molar-refractivity contribution in [2.75, 3.05) is 0 Å². The van der Waals surface area contributed by atoms with E-state index >= 15 is 0 Å². The molecule has 0 amide bonds. The van der Waals surface area contributed by atoms with E-state index in [1.54, 1.807) is 0 Å². The Morgan fingerprint density at radius 2 is 1.52 bits per heavy atom. The van der Waals surface area contributed by atoms with Gasteiger partial charge in [0, 0.05) is 5.92 Å². The first-order chi connectivity index (χ1) is 10.3. The third-order valence-electron chi connectivity index (χ3n) is 4.55. The number of ether oxygens (including phenoxy) is 1. The fourth-order valence-electron chi connectivity index (χ4n) is 3.35. The van der Waals surface area contributed by atoms with Crippen molar-refractivity contribution >= 4 is 5.97 Å². The molecule has 2 nitrogen and oxygen atoms in total. The molecular weight excluding hydrogens is 260 g/mol. The van der Waals surface area contributed by atoms with E-state index in [9.17, 15) is 4.79 Å². The number of unbranched alkanes of at least 4 members (excludes halogenated alkanes) is 4. The number of hydrogen-bond acceptors (Lipinski definition) is 2. The summed E-state index contributed by atoms with van der Waals surface area (Å²) < 4.78 is 5.57. The van der Waals surface area contributed by atoms with Gasteiger partial charge in [-0.25, -0.2) is 0 Å². The minimum Gasteiger partial charge on any atom is -0.426 e. The van der Waals surface area contributed by atoms with Crippen LogP contribution in [0.4, 0.5) is 0 Å². The van der Waals surface area contributed by atoms with Crippen molar-refractivity contribution in [1.29, 1.82) is 0 Å². The predicted molar refractivity (Wildman–Crippen MR) is 86.6 cm³/mol. The monoisotopic (exact) mass is 288 g/mol. The van der Waals surface area contributed by atoms with Gasteiger partial charge in [0.2, 0.25) is 0 Å². The minimum absolute atomic E-state index is 0.00805. The normalized spacial score (nSPS) is 21.0. The average molecular weight is 288 g/mol. The first-order valence-corrected chi connectivity index (χ1v) is 8.58. The number of esters is 1. The van der Waals surface area contributed by atoms with Gasteiger partial charge in [-0.3, -0.25) is 4.79 Å². The number of benzene rings is 1. The molecule has 0 saturated carbocycles. The Hall–Kier alpha value is -1.31. The zero-order valence-electron chi connectivity index (χ0n) is 13.4. The third-order valence-corrected chi connectivity index (χ3v) is 4.55. The van der Waals surface area contributed by atoms with E-state index in [1.807, 2.05) is 12.1 Å².